The fourth-order valence-electron chi connectivity index (χ4n) is 4.11. The summed E-state index contributed by atoms with van der Waals surface area (Å²) in [5.74, 6) is -0.0322. The third-order valence-corrected chi connectivity index (χ3v) is 5.29. The second-order valence-electron chi connectivity index (χ2n) is 7.12. The van der Waals surface area contributed by atoms with Gasteiger partial charge in [0, 0.05) is 37.8 Å². The van der Waals surface area contributed by atoms with Gasteiger partial charge in [-0.15, -0.1) is 0 Å². The van der Waals surface area contributed by atoms with Crippen molar-refractivity contribution >= 4 is 11.6 Å². The summed E-state index contributed by atoms with van der Waals surface area (Å²) in [5, 5.41) is 12.4. The number of rotatable bonds is 6. The highest BCUT2D eigenvalue weighted by molar-refractivity contribution is 5.88. The number of nitrogens with one attached hydrogen (secondary N) is 1. The van der Waals surface area contributed by atoms with Gasteiger partial charge in [0.05, 0.1) is 6.61 Å². The quantitative estimate of drug-likeness (QED) is 0.838. The Morgan fingerprint density at radius 1 is 1.21 bits per heavy atom. The lowest BCUT2D eigenvalue weighted by atomic mass is 10.1. The smallest absolute Gasteiger partial charge is 0.221 e. The zero-order chi connectivity index (χ0) is 16.9. The number of aliphatic hydroxyl groups is 1. The molecule has 0 radical (unpaired) electrons. The Morgan fingerprint density at radius 2 is 1.96 bits per heavy atom. The summed E-state index contributed by atoms with van der Waals surface area (Å²) in [6, 6.07) is 9.07. The number of amides is 1. The van der Waals surface area contributed by atoms with E-state index in [0.29, 0.717) is 12.1 Å². The summed E-state index contributed by atoms with van der Waals surface area (Å²) < 4.78 is 0. The van der Waals surface area contributed by atoms with Crippen molar-refractivity contribution in [2.75, 3.05) is 31.6 Å². The van der Waals surface area contributed by atoms with Gasteiger partial charge in [-0.2, -0.15) is 0 Å². The molecule has 2 saturated heterocycles. The SMILES string of the molecule is CC(=O)Nc1cccc(CN2CCC[C@H]2CN2CCC[C@H]2CO)c1. The van der Waals surface area contributed by atoms with Gasteiger partial charge in [0.25, 0.3) is 0 Å². The minimum Gasteiger partial charge on any atom is -0.395 e. The van der Waals surface area contributed by atoms with Crippen LogP contribution in [0.25, 0.3) is 0 Å². The summed E-state index contributed by atoms with van der Waals surface area (Å²) in [6.07, 6.45) is 4.81. The monoisotopic (exact) mass is 331 g/mol. The average Bonchev–Trinajstić information content (AvgIpc) is 3.17. The van der Waals surface area contributed by atoms with Gasteiger partial charge < -0.3 is 10.4 Å². The first-order chi connectivity index (χ1) is 11.7. The molecule has 0 spiro atoms. The van der Waals surface area contributed by atoms with E-state index < -0.39 is 0 Å². The molecule has 1 aromatic rings. The van der Waals surface area contributed by atoms with Gasteiger partial charge in [0.2, 0.25) is 5.91 Å². The maximum atomic E-state index is 11.2. The molecule has 3 rings (SSSR count). The van der Waals surface area contributed by atoms with Crippen LogP contribution < -0.4 is 5.32 Å². The van der Waals surface area contributed by atoms with Crippen molar-refractivity contribution in [3.63, 3.8) is 0 Å². The third-order valence-electron chi connectivity index (χ3n) is 5.29. The summed E-state index contributed by atoms with van der Waals surface area (Å²) in [6.45, 7) is 6.06. The van der Waals surface area contributed by atoms with Crippen LogP contribution >= 0.6 is 0 Å². The van der Waals surface area contributed by atoms with Crippen LogP contribution in [0.1, 0.15) is 38.2 Å². The van der Waals surface area contributed by atoms with Crippen LogP contribution in [0.15, 0.2) is 24.3 Å². The van der Waals surface area contributed by atoms with E-state index in [-0.39, 0.29) is 12.5 Å². The van der Waals surface area contributed by atoms with Gasteiger partial charge >= 0.3 is 0 Å². The lowest BCUT2D eigenvalue weighted by Gasteiger charge is -2.31. The standard InChI is InChI=1S/C19H29N3O2/c1-15(24)20-17-6-2-5-16(11-17)12-21-9-3-7-18(21)13-22-10-4-8-19(22)14-23/h2,5-6,11,18-19,23H,3-4,7-10,12-14H2,1H3,(H,20,24)/t18-,19-/m0/s1. The molecular weight excluding hydrogens is 302 g/mol. The van der Waals surface area contributed by atoms with Crippen molar-refractivity contribution in [1.82, 2.24) is 9.80 Å². The number of hydrogen-bond acceptors (Lipinski definition) is 4. The Hall–Kier alpha value is -1.43. The highest BCUT2D eigenvalue weighted by Crippen LogP contribution is 2.25. The molecule has 0 saturated carbocycles. The molecule has 0 unspecified atom stereocenters. The number of anilines is 1. The maximum Gasteiger partial charge on any atom is 0.221 e. The van der Waals surface area contributed by atoms with Crippen molar-refractivity contribution in [1.29, 1.82) is 0 Å². The zero-order valence-corrected chi connectivity index (χ0v) is 14.6. The van der Waals surface area contributed by atoms with E-state index in [1.807, 2.05) is 12.1 Å². The molecule has 2 aliphatic heterocycles. The third kappa shape index (κ3) is 4.35. The first-order valence-corrected chi connectivity index (χ1v) is 9.11. The molecule has 0 bridgehead atoms. The molecule has 24 heavy (non-hydrogen) atoms. The van der Waals surface area contributed by atoms with Crippen LogP contribution in [0.4, 0.5) is 5.69 Å². The highest BCUT2D eigenvalue weighted by Gasteiger charge is 2.31. The summed E-state index contributed by atoms with van der Waals surface area (Å²) in [4.78, 5) is 16.3. The van der Waals surface area contributed by atoms with Gasteiger partial charge in [-0.3, -0.25) is 14.6 Å². The van der Waals surface area contributed by atoms with Gasteiger partial charge in [-0.05, 0) is 56.5 Å². The van der Waals surface area contributed by atoms with Crippen molar-refractivity contribution in [3.8, 4) is 0 Å². The summed E-state index contributed by atoms with van der Waals surface area (Å²) >= 11 is 0. The fraction of sp³-hybridized carbons (Fsp3) is 0.632. The topological polar surface area (TPSA) is 55.8 Å². The van der Waals surface area contributed by atoms with E-state index in [1.165, 1.54) is 31.7 Å². The molecule has 0 aliphatic carbocycles. The molecule has 132 valence electrons. The van der Waals surface area contributed by atoms with Gasteiger partial charge in [0.1, 0.15) is 0 Å². The van der Waals surface area contributed by atoms with E-state index in [1.54, 1.807) is 0 Å². The Morgan fingerprint density at radius 3 is 2.71 bits per heavy atom. The molecule has 2 N–H and O–H groups in total. The van der Waals surface area contributed by atoms with Gasteiger partial charge in [-0.1, -0.05) is 12.1 Å². The van der Waals surface area contributed by atoms with E-state index in [2.05, 4.69) is 27.2 Å². The molecule has 2 fully saturated rings. The number of nitrogens with zero attached hydrogens (tertiary/aromatic N) is 2. The first kappa shape index (κ1) is 17.4. The zero-order valence-electron chi connectivity index (χ0n) is 14.6. The Kier molecular flexibility index (Phi) is 5.87. The highest BCUT2D eigenvalue weighted by atomic mass is 16.3. The summed E-state index contributed by atoms with van der Waals surface area (Å²) in [7, 11) is 0. The number of carbonyl (C=O) groups is 1. The molecule has 5 heteroatoms. The fourth-order valence-corrected chi connectivity index (χ4v) is 4.11. The second-order valence-corrected chi connectivity index (χ2v) is 7.12. The first-order valence-electron chi connectivity index (χ1n) is 9.11. The molecular formula is C19H29N3O2. The van der Waals surface area contributed by atoms with E-state index in [0.717, 1.165) is 38.3 Å². The number of benzene rings is 1. The van der Waals surface area contributed by atoms with Crippen molar-refractivity contribution < 1.29 is 9.90 Å². The lowest BCUT2D eigenvalue weighted by Crippen LogP contribution is -2.43. The predicted molar refractivity (Wildman–Crippen MR) is 95.9 cm³/mol. The van der Waals surface area contributed by atoms with Crippen LogP contribution in [-0.2, 0) is 11.3 Å². The largest absolute Gasteiger partial charge is 0.395 e. The Balaban J connectivity index is 1.60. The van der Waals surface area contributed by atoms with Crippen molar-refractivity contribution in [2.24, 2.45) is 0 Å². The van der Waals surface area contributed by atoms with Crippen molar-refractivity contribution in [2.45, 2.75) is 51.2 Å². The molecule has 1 aromatic carbocycles. The number of hydrogen-bond donors (Lipinski definition) is 2. The number of likely N-dealkylation sites (tertiary alicyclic amines) is 2. The van der Waals surface area contributed by atoms with Crippen molar-refractivity contribution in [3.05, 3.63) is 29.8 Å². The van der Waals surface area contributed by atoms with Crippen LogP contribution in [-0.4, -0.2) is 59.1 Å². The molecule has 1 amide bonds. The molecule has 0 aromatic heterocycles. The molecule has 2 atom stereocenters. The average molecular weight is 331 g/mol. The lowest BCUT2D eigenvalue weighted by molar-refractivity contribution is -0.114. The van der Waals surface area contributed by atoms with E-state index in [4.69, 9.17) is 0 Å². The normalized spacial score (nSPS) is 25.2. The second kappa shape index (κ2) is 8.10. The number of aliphatic hydroxyl groups excluding tert-OH is 1. The molecule has 2 aliphatic rings. The van der Waals surface area contributed by atoms with Crippen LogP contribution in [0.2, 0.25) is 0 Å². The maximum absolute atomic E-state index is 11.2. The van der Waals surface area contributed by atoms with Crippen LogP contribution in [0.5, 0.6) is 0 Å². The van der Waals surface area contributed by atoms with E-state index in [9.17, 15) is 9.90 Å². The number of carbonyl (C=O) groups excluding carboxylic acids is 1. The van der Waals surface area contributed by atoms with Gasteiger partial charge in [-0.25, -0.2) is 0 Å². The van der Waals surface area contributed by atoms with E-state index >= 15 is 0 Å². The predicted octanol–water partition coefficient (Wildman–Crippen LogP) is 2.07. The molecule has 5 nitrogen and oxygen atoms in total. The van der Waals surface area contributed by atoms with Crippen LogP contribution in [0, 0.1) is 0 Å². The van der Waals surface area contributed by atoms with Gasteiger partial charge in [0.15, 0.2) is 0 Å². The summed E-state index contributed by atoms with van der Waals surface area (Å²) in [5.41, 5.74) is 2.11. The minimum atomic E-state index is -0.0322. The Bertz CT molecular complexity index is 563. The Labute approximate surface area is 144 Å². The minimum absolute atomic E-state index is 0.0322. The van der Waals surface area contributed by atoms with Crippen LogP contribution in [0.3, 0.4) is 0 Å². The molecule has 2 heterocycles.